The molecular weight excluding hydrogens is 295 g/mol. The lowest BCUT2D eigenvalue weighted by atomic mass is 10.2. The molecule has 0 aromatic heterocycles. The SMILES string of the molecule is COC(=O)CC(C)S(=O)(=O)Cc1cccc(Cl)c1F. The quantitative estimate of drug-likeness (QED) is 0.783. The highest BCUT2D eigenvalue weighted by Crippen LogP contribution is 2.22. The summed E-state index contributed by atoms with van der Waals surface area (Å²) in [6.07, 6.45) is -0.263. The predicted molar refractivity (Wildman–Crippen MR) is 70.1 cm³/mol. The summed E-state index contributed by atoms with van der Waals surface area (Å²) in [6.45, 7) is 1.38. The predicted octanol–water partition coefficient (Wildman–Crippen LogP) is 2.35. The minimum Gasteiger partial charge on any atom is -0.469 e. The van der Waals surface area contributed by atoms with Gasteiger partial charge in [0, 0.05) is 5.56 Å². The lowest BCUT2D eigenvalue weighted by molar-refractivity contribution is -0.140. The first kappa shape index (κ1) is 15.9. The molecule has 0 bridgehead atoms. The van der Waals surface area contributed by atoms with Crippen LogP contribution in [-0.2, 0) is 25.1 Å². The summed E-state index contributed by atoms with van der Waals surface area (Å²) in [5.41, 5.74) is -0.00999. The van der Waals surface area contributed by atoms with E-state index in [1.165, 1.54) is 32.2 Å². The van der Waals surface area contributed by atoms with Gasteiger partial charge in [-0.1, -0.05) is 23.7 Å². The van der Waals surface area contributed by atoms with Crippen molar-refractivity contribution >= 4 is 27.4 Å². The van der Waals surface area contributed by atoms with Crippen LogP contribution in [0.3, 0.4) is 0 Å². The van der Waals surface area contributed by atoms with Crippen molar-refractivity contribution in [3.8, 4) is 0 Å². The van der Waals surface area contributed by atoms with Gasteiger partial charge in [-0.2, -0.15) is 0 Å². The molecule has 0 saturated heterocycles. The highest BCUT2D eigenvalue weighted by Gasteiger charge is 2.25. The molecule has 0 heterocycles. The minimum atomic E-state index is -3.66. The third kappa shape index (κ3) is 4.18. The third-order valence-electron chi connectivity index (χ3n) is 2.68. The molecule has 19 heavy (non-hydrogen) atoms. The van der Waals surface area contributed by atoms with Gasteiger partial charge in [-0.05, 0) is 13.0 Å². The van der Waals surface area contributed by atoms with Gasteiger partial charge in [0.15, 0.2) is 9.84 Å². The summed E-state index contributed by atoms with van der Waals surface area (Å²) in [5.74, 6) is -1.88. The van der Waals surface area contributed by atoms with E-state index in [9.17, 15) is 17.6 Å². The van der Waals surface area contributed by atoms with Crippen molar-refractivity contribution in [3.63, 3.8) is 0 Å². The Balaban J connectivity index is 2.90. The first-order valence-electron chi connectivity index (χ1n) is 5.49. The zero-order valence-electron chi connectivity index (χ0n) is 10.5. The van der Waals surface area contributed by atoms with Crippen LogP contribution in [0.25, 0.3) is 0 Å². The van der Waals surface area contributed by atoms with E-state index in [2.05, 4.69) is 4.74 Å². The van der Waals surface area contributed by atoms with Crippen LogP contribution in [0.15, 0.2) is 18.2 Å². The Bertz CT molecular complexity index is 571. The number of ether oxygens (including phenoxy) is 1. The van der Waals surface area contributed by atoms with Crippen molar-refractivity contribution in [3.05, 3.63) is 34.6 Å². The Morgan fingerprint density at radius 3 is 2.68 bits per heavy atom. The standard InChI is InChI=1S/C12H14ClFO4S/c1-8(6-11(15)18-2)19(16,17)7-9-4-3-5-10(13)12(9)14/h3-5,8H,6-7H2,1-2H3. The minimum absolute atomic E-state index is 0.00999. The smallest absolute Gasteiger partial charge is 0.306 e. The van der Waals surface area contributed by atoms with E-state index in [0.717, 1.165) is 0 Å². The number of carbonyl (C=O) groups excluding carboxylic acids is 1. The number of sulfone groups is 1. The average Bonchev–Trinajstić information content (AvgIpc) is 2.34. The largest absolute Gasteiger partial charge is 0.469 e. The Labute approximate surface area is 116 Å². The molecule has 0 amide bonds. The highest BCUT2D eigenvalue weighted by atomic mass is 35.5. The van der Waals surface area contributed by atoms with Gasteiger partial charge in [0.05, 0.1) is 29.6 Å². The first-order chi connectivity index (χ1) is 8.77. The van der Waals surface area contributed by atoms with Crippen molar-refractivity contribution in [1.29, 1.82) is 0 Å². The van der Waals surface area contributed by atoms with Gasteiger partial charge in [0.2, 0.25) is 0 Å². The molecular formula is C12H14ClFO4S. The van der Waals surface area contributed by atoms with Crippen LogP contribution in [0.1, 0.15) is 18.9 Å². The normalized spacial score (nSPS) is 13.1. The second-order valence-corrected chi connectivity index (χ2v) is 6.94. The summed E-state index contributed by atoms with van der Waals surface area (Å²) < 4.78 is 42.0. The molecule has 0 aliphatic carbocycles. The van der Waals surface area contributed by atoms with Crippen molar-refractivity contribution in [2.45, 2.75) is 24.3 Å². The molecule has 4 nitrogen and oxygen atoms in total. The maximum atomic E-state index is 13.6. The van der Waals surface area contributed by atoms with Gasteiger partial charge < -0.3 is 4.74 Å². The van der Waals surface area contributed by atoms with Gasteiger partial charge in [-0.25, -0.2) is 12.8 Å². The lowest BCUT2D eigenvalue weighted by Gasteiger charge is -2.12. The molecule has 0 spiro atoms. The van der Waals surface area contributed by atoms with Crippen molar-refractivity contribution in [2.24, 2.45) is 0 Å². The Morgan fingerprint density at radius 2 is 2.11 bits per heavy atom. The zero-order valence-corrected chi connectivity index (χ0v) is 12.1. The molecule has 0 saturated carbocycles. The Kier molecular flexibility index (Phi) is 5.31. The number of hydrogen-bond donors (Lipinski definition) is 0. The molecule has 7 heteroatoms. The van der Waals surface area contributed by atoms with E-state index in [4.69, 9.17) is 11.6 Å². The highest BCUT2D eigenvalue weighted by molar-refractivity contribution is 7.91. The molecule has 0 fully saturated rings. The fraction of sp³-hybridized carbons (Fsp3) is 0.417. The van der Waals surface area contributed by atoms with Gasteiger partial charge in [0.1, 0.15) is 5.82 Å². The fourth-order valence-electron chi connectivity index (χ4n) is 1.46. The van der Waals surface area contributed by atoms with Gasteiger partial charge in [-0.3, -0.25) is 4.79 Å². The van der Waals surface area contributed by atoms with Crippen molar-refractivity contribution in [1.82, 2.24) is 0 Å². The lowest BCUT2D eigenvalue weighted by Crippen LogP contribution is -2.24. The second-order valence-electron chi connectivity index (χ2n) is 4.11. The summed E-state index contributed by atoms with van der Waals surface area (Å²) in [6, 6.07) is 4.16. The molecule has 0 aliphatic heterocycles. The van der Waals surface area contributed by atoms with Crippen LogP contribution in [0.2, 0.25) is 5.02 Å². The molecule has 106 valence electrons. The summed E-state index contributed by atoms with van der Waals surface area (Å²) >= 11 is 5.59. The van der Waals surface area contributed by atoms with E-state index in [0.29, 0.717) is 0 Å². The number of esters is 1. The number of carbonyl (C=O) groups is 1. The average molecular weight is 309 g/mol. The number of rotatable bonds is 5. The van der Waals surface area contributed by atoms with E-state index >= 15 is 0 Å². The van der Waals surface area contributed by atoms with Crippen LogP contribution < -0.4 is 0 Å². The molecule has 0 N–H and O–H groups in total. The number of hydrogen-bond acceptors (Lipinski definition) is 4. The molecule has 1 unspecified atom stereocenters. The zero-order chi connectivity index (χ0) is 14.6. The Morgan fingerprint density at radius 1 is 1.47 bits per heavy atom. The van der Waals surface area contributed by atoms with Gasteiger partial charge in [-0.15, -0.1) is 0 Å². The number of benzene rings is 1. The molecule has 1 atom stereocenters. The molecule has 1 aromatic carbocycles. The second kappa shape index (κ2) is 6.34. The topological polar surface area (TPSA) is 60.4 Å². The van der Waals surface area contributed by atoms with Crippen molar-refractivity contribution < 1.29 is 22.3 Å². The van der Waals surface area contributed by atoms with Crippen molar-refractivity contribution in [2.75, 3.05) is 7.11 Å². The summed E-state index contributed by atoms with van der Waals surface area (Å²) in [4.78, 5) is 11.1. The molecule has 0 aliphatic rings. The van der Waals surface area contributed by atoms with Crippen LogP contribution in [0, 0.1) is 5.82 Å². The van der Waals surface area contributed by atoms with E-state index in [-0.39, 0.29) is 17.0 Å². The van der Waals surface area contributed by atoms with E-state index in [1.807, 2.05) is 0 Å². The monoisotopic (exact) mass is 308 g/mol. The number of halogens is 2. The maximum Gasteiger partial charge on any atom is 0.306 e. The van der Waals surface area contributed by atoms with E-state index in [1.54, 1.807) is 0 Å². The maximum absolute atomic E-state index is 13.6. The van der Waals surface area contributed by atoms with Crippen LogP contribution in [0.4, 0.5) is 4.39 Å². The molecule has 1 rings (SSSR count). The van der Waals surface area contributed by atoms with Crippen LogP contribution >= 0.6 is 11.6 Å². The molecule has 1 aromatic rings. The summed E-state index contributed by atoms with van der Waals surface area (Å²) in [5, 5.41) is -1.08. The first-order valence-corrected chi connectivity index (χ1v) is 7.58. The molecule has 0 radical (unpaired) electrons. The summed E-state index contributed by atoms with van der Waals surface area (Å²) in [7, 11) is -2.48. The number of methoxy groups -OCH3 is 1. The fourth-order valence-corrected chi connectivity index (χ4v) is 2.99. The van der Waals surface area contributed by atoms with Crippen LogP contribution in [0.5, 0.6) is 0 Å². The van der Waals surface area contributed by atoms with E-state index < -0.39 is 32.6 Å². The van der Waals surface area contributed by atoms with Gasteiger partial charge >= 0.3 is 5.97 Å². The third-order valence-corrected chi connectivity index (χ3v) is 5.08. The Hall–Kier alpha value is -1.14. The van der Waals surface area contributed by atoms with Gasteiger partial charge in [0.25, 0.3) is 0 Å². The van der Waals surface area contributed by atoms with Crippen LogP contribution in [-0.4, -0.2) is 26.7 Å².